The standard InChI is InChI=1S/C41H58F2N6O9S/c1-7-25-30(58-35-28(13-11-9-10-12-23-14-15-23)44-27-17-16-24(57-8-2)20-29(27)45-35)22-49(36(51)32(39(3,4)5)46-38(53)54)31(25)34(50)47-41(21-26(41)33(42)43)37(52)48-59(55,56)40(6)18-19-40/h16-17,20,23,25-26,30-33,46H,7-15,18-19,21-22H2,1-6H3,(H,47,50)(H,48,52)(H,53,54)/t25-,26+,30+,31+,32-,41-/m1/s1. The van der Waals surface area contributed by atoms with E-state index in [0.29, 0.717) is 35.5 Å². The molecule has 3 saturated carbocycles. The molecule has 1 aromatic heterocycles. The molecule has 59 heavy (non-hydrogen) atoms. The predicted octanol–water partition coefficient (Wildman–Crippen LogP) is 5.35. The van der Waals surface area contributed by atoms with Gasteiger partial charge in [-0.05, 0) is 75.8 Å². The summed E-state index contributed by atoms with van der Waals surface area (Å²) in [6.07, 6.45) is 1.93. The zero-order valence-electron chi connectivity index (χ0n) is 34.7. The Hall–Kier alpha value is -4.35. The fourth-order valence-electron chi connectivity index (χ4n) is 8.14. The molecule has 2 aromatic rings. The van der Waals surface area contributed by atoms with Crippen LogP contribution >= 0.6 is 0 Å². The van der Waals surface area contributed by atoms with Gasteiger partial charge in [0, 0.05) is 12.0 Å². The number of hydrogen-bond acceptors (Lipinski definition) is 10. The van der Waals surface area contributed by atoms with E-state index in [9.17, 15) is 41.5 Å². The van der Waals surface area contributed by atoms with Crippen LogP contribution in [0.25, 0.3) is 11.0 Å². The third kappa shape index (κ3) is 9.67. The highest BCUT2D eigenvalue weighted by Gasteiger charge is 2.67. The number of nitrogens with zero attached hydrogens (tertiary/aromatic N) is 3. The van der Waals surface area contributed by atoms with Crippen LogP contribution in [0, 0.1) is 23.2 Å². The van der Waals surface area contributed by atoms with Crippen molar-refractivity contribution in [1.82, 2.24) is 30.2 Å². The lowest BCUT2D eigenvalue weighted by atomic mass is 9.85. The molecule has 1 aliphatic heterocycles. The highest BCUT2D eigenvalue weighted by molar-refractivity contribution is 7.91. The summed E-state index contributed by atoms with van der Waals surface area (Å²) in [5.74, 6) is -3.95. The van der Waals surface area contributed by atoms with Crippen LogP contribution in [-0.2, 0) is 30.8 Å². The number of hydrogen-bond donors (Lipinski definition) is 4. The largest absolute Gasteiger partial charge is 0.494 e. The molecule has 2 heterocycles. The molecule has 0 radical (unpaired) electrons. The number of likely N-dealkylation sites (tertiary alicyclic amines) is 1. The van der Waals surface area contributed by atoms with E-state index in [1.165, 1.54) is 31.1 Å². The molecule has 6 rings (SSSR count). The first-order chi connectivity index (χ1) is 27.7. The zero-order valence-corrected chi connectivity index (χ0v) is 35.5. The van der Waals surface area contributed by atoms with Gasteiger partial charge < -0.3 is 30.1 Å². The molecule has 1 aromatic carbocycles. The number of carboxylic acid groups (broad SMARTS) is 1. The Morgan fingerprint density at radius 2 is 1.76 bits per heavy atom. The number of rotatable bonds is 19. The summed E-state index contributed by atoms with van der Waals surface area (Å²) in [5, 5.41) is 14.5. The number of aromatic nitrogens is 2. The van der Waals surface area contributed by atoms with Gasteiger partial charge in [-0.3, -0.25) is 19.1 Å². The molecule has 326 valence electrons. The number of carbonyl (C=O) groups excluding carboxylic acids is 3. The Balaban J connectivity index is 1.35. The van der Waals surface area contributed by atoms with E-state index in [0.717, 1.165) is 25.2 Å². The van der Waals surface area contributed by atoms with Crippen LogP contribution in [0.4, 0.5) is 13.6 Å². The van der Waals surface area contributed by atoms with Crippen molar-refractivity contribution in [3.8, 4) is 11.6 Å². The Labute approximate surface area is 344 Å². The van der Waals surface area contributed by atoms with Crippen molar-refractivity contribution in [2.24, 2.45) is 23.2 Å². The van der Waals surface area contributed by atoms with Gasteiger partial charge in [-0.25, -0.2) is 32.0 Å². The third-order valence-corrected chi connectivity index (χ3v) is 14.5. The smallest absolute Gasteiger partial charge is 0.405 e. The van der Waals surface area contributed by atoms with Crippen LogP contribution in [0.5, 0.6) is 11.6 Å². The van der Waals surface area contributed by atoms with E-state index < -0.39 is 92.4 Å². The van der Waals surface area contributed by atoms with Crippen molar-refractivity contribution in [2.75, 3.05) is 13.2 Å². The maximum atomic E-state index is 14.6. The first-order valence-corrected chi connectivity index (χ1v) is 22.3. The lowest BCUT2D eigenvalue weighted by Crippen LogP contribution is -2.61. The van der Waals surface area contributed by atoms with Crippen LogP contribution in [0.3, 0.4) is 0 Å². The summed E-state index contributed by atoms with van der Waals surface area (Å²) in [6, 6.07) is 2.56. The molecule has 4 aliphatic rings. The monoisotopic (exact) mass is 848 g/mol. The van der Waals surface area contributed by atoms with E-state index in [4.69, 9.17) is 19.4 Å². The van der Waals surface area contributed by atoms with Crippen molar-refractivity contribution in [1.29, 1.82) is 0 Å². The van der Waals surface area contributed by atoms with E-state index in [-0.39, 0.29) is 31.7 Å². The topological polar surface area (TPSA) is 206 Å². The fourth-order valence-corrected chi connectivity index (χ4v) is 9.45. The minimum atomic E-state index is -4.26. The molecule has 3 aliphatic carbocycles. The number of amides is 4. The predicted molar refractivity (Wildman–Crippen MR) is 213 cm³/mol. The van der Waals surface area contributed by atoms with E-state index in [2.05, 4.69) is 10.6 Å². The van der Waals surface area contributed by atoms with Crippen molar-refractivity contribution < 1.29 is 51.0 Å². The molecule has 0 spiro atoms. The SMILES string of the molecule is CCOc1ccc2nc(CCCCCC3CC3)c(O[C@H]3CN(C(=O)[C@@H](NC(=O)O)C(C)(C)C)[C@H](C(=O)N[C@]4(C(=O)NS(=O)(=O)C5(C)CC5)C[C@H]4C(F)F)[C@@H]3CC)nc2c1. The molecule has 6 atom stereocenters. The van der Waals surface area contributed by atoms with Crippen molar-refractivity contribution in [3.05, 3.63) is 23.9 Å². The number of ether oxygens (including phenoxy) is 2. The Morgan fingerprint density at radius 3 is 2.34 bits per heavy atom. The minimum absolute atomic E-state index is 0.191. The summed E-state index contributed by atoms with van der Waals surface area (Å²) in [4.78, 5) is 65.7. The molecule has 4 amide bonds. The maximum Gasteiger partial charge on any atom is 0.405 e. The minimum Gasteiger partial charge on any atom is -0.494 e. The second-order valence-electron chi connectivity index (χ2n) is 18.0. The van der Waals surface area contributed by atoms with Crippen LogP contribution in [0.1, 0.15) is 111 Å². The maximum absolute atomic E-state index is 14.6. The molecule has 0 bridgehead atoms. The molecule has 4 N–H and O–H groups in total. The lowest BCUT2D eigenvalue weighted by molar-refractivity contribution is -0.143. The summed E-state index contributed by atoms with van der Waals surface area (Å²) in [5.41, 5.74) is -1.57. The Kier molecular flexibility index (Phi) is 12.7. The van der Waals surface area contributed by atoms with Crippen molar-refractivity contribution in [2.45, 2.75) is 147 Å². The summed E-state index contributed by atoms with van der Waals surface area (Å²) in [7, 11) is -4.26. The van der Waals surface area contributed by atoms with Gasteiger partial charge in [-0.2, -0.15) is 0 Å². The molecule has 18 heteroatoms. The third-order valence-electron chi connectivity index (χ3n) is 12.4. The average Bonchev–Trinajstić information content (AvgIpc) is 4.09. The fraction of sp³-hybridized carbons (Fsp3) is 0.707. The second kappa shape index (κ2) is 17.0. The number of fused-ring (bicyclic) bond motifs is 1. The van der Waals surface area contributed by atoms with Gasteiger partial charge in [0.15, 0.2) is 0 Å². The van der Waals surface area contributed by atoms with Crippen molar-refractivity contribution >= 4 is 44.9 Å². The van der Waals surface area contributed by atoms with Gasteiger partial charge in [-0.1, -0.05) is 59.8 Å². The average molecular weight is 849 g/mol. The number of aryl methyl sites for hydroxylation is 1. The van der Waals surface area contributed by atoms with E-state index >= 15 is 0 Å². The molecule has 4 fully saturated rings. The number of nitrogens with one attached hydrogen (secondary N) is 3. The van der Waals surface area contributed by atoms with E-state index in [1.807, 2.05) is 17.7 Å². The van der Waals surface area contributed by atoms with Crippen LogP contribution in [0.15, 0.2) is 18.2 Å². The number of alkyl halides is 2. The van der Waals surface area contributed by atoms with Gasteiger partial charge in [0.1, 0.15) is 35.2 Å². The normalized spacial score (nSPS) is 25.3. The van der Waals surface area contributed by atoms with Gasteiger partial charge in [-0.15, -0.1) is 0 Å². The van der Waals surface area contributed by atoms with Gasteiger partial charge in [0.25, 0.3) is 5.91 Å². The molecule has 0 unspecified atom stereocenters. The Bertz CT molecular complexity index is 2040. The van der Waals surface area contributed by atoms with Crippen LogP contribution in [-0.4, -0.2) is 100 Å². The molecular formula is C41H58F2N6O9S. The highest BCUT2D eigenvalue weighted by Crippen LogP contribution is 2.50. The van der Waals surface area contributed by atoms with Gasteiger partial charge >= 0.3 is 6.09 Å². The van der Waals surface area contributed by atoms with Crippen LogP contribution in [0.2, 0.25) is 0 Å². The first-order valence-electron chi connectivity index (χ1n) is 20.8. The molecule has 15 nitrogen and oxygen atoms in total. The van der Waals surface area contributed by atoms with Gasteiger partial charge in [0.2, 0.25) is 34.1 Å². The van der Waals surface area contributed by atoms with Gasteiger partial charge in [0.05, 0.1) is 34.8 Å². The van der Waals surface area contributed by atoms with Crippen LogP contribution < -0.4 is 24.8 Å². The zero-order chi connectivity index (χ0) is 43.1. The molecular weight excluding hydrogens is 791 g/mol. The first kappa shape index (κ1) is 44.2. The Morgan fingerprint density at radius 1 is 1.05 bits per heavy atom. The van der Waals surface area contributed by atoms with Crippen molar-refractivity contribution in [3.63, 3.8) is 0 Å². The summed E-state index contributed by atoms with van der Waals surface area (Å²) in [6.45, 7) is 10.2. The number of benzene rings is 1. The number of carbonyl (C=O) groups is 4. The quantitative estimate of drug-likeness (QED) is 0.133. The summed E-state index contributed by atoms with van der Waals surface area (Å²) >= 11 is 0. The lowest BCUT2D eigenvalue weighted by Gasteiger charge is -2.35. The number of halogens is 2. The second-order valence-corrected chi connectivity index (χ2v) is 20.2. The number of sulfonamides is 1. The summed E-state index contributed by atoms with van der Waals surface area (Å²) < 4.78 is 67.9. The molecule has 1 saturated heterocycles. The van der Waals surface area contributed by atoms with E-state index in [1.54, 1.807) is 39.8 Å². The number of unbranched alkanes of at least 4 members (excludes halogenated alkanes) is 2. The highest BCUT2D eigenvalue weighted by atomic mass is 32.2.